The zero-order valence-corrected chi connectivity index (χ0v) is 11.7. The first-order valence-corrected chi connectivity index (χ1v) is 7.47. The molecule has 0 aliphatic carbocycles. The average Bonchev–Trinajstić information content (AvgIpc) is 2.82. The van der Waals surface area contributed by atoms with Crippen molar-refractivity contribution < 1.29 is 4.39 Å². The van der Waals surface area contributed by atoms with Crippen molar-refractivity contribution in [1.29, 1.82) is 0 Å². The Morgan fingerprint density at radius 1 is 1.42 bits per heavy atom. The molecule has 1 aliphatic rings. The summed E-state index contributed by atoms with van der Waals surface area (Å²) in [5, 5.41) is 3.54. The van der Waals surface area contributed by atoms with Crippen LogP contribution in [0.5, 0.6) is 0 Å². The second-order valence-corrected chi connectivity index (χ2v) is 6.07. The molecule has 1 aromatic carbocycles. The van der Waals surface area contributed by atoms with Crippen molar-refractivity contribution in [2.45, 2.75) is 23.9 Å². The molecule has 3 rings (SSSR count). The number of hydrogen-bond acceptors (Lipinski definition) is 2. The van der Waals surface area contributed by atoms with Crippen molar-refractivity contribution in [3.05, 3.63) is 53.6 Å². The van der Waals surface area contributed by atoms with Crippen LogP contribution in [0.1, 0.15) is 23.6 Å². The molecule has 0 spiro atoms. The normalized spacial score (nSPS) is 18.3. The van der Waals surface area contributed by atoms with E-state index < -0.39 is 0 Å². The maximum absolute atomic E-state index is 13.4. The summed E-state index contributed by atoms with van der Waals surface area (Å²) in [5.41, 5.74) is 2.37. The molecule has 4 heteroatoms. The van der Waals surface area contributed by atoms with Crippen LogP contribution in [0.3, 0.4) is 0 Å². The summed E-state index contributed by atoms with van der Waals surface area (Å²) in [6.07, 6.45) is 5.20. The van der Waals surface area contributed by atoms with Gasteiger partial charge in [0.15, 0.2) is 0 Å². The monoisotopic (exact) mass is 276 g/mol. The van der Waals surface area contributed by atoms with Gasteiger partial charge < -0.3 is 9.88 Å². The van der Waals surface area contributed by atoms with E-state index in [-0.39, 0.29) is 11.9 Å². The number of benzene rings is 1. The Labute approximate surface area is 117 Å². The quantitative estimate of drug-likeness (QED) is 0.924. The first-order valence-electron chi connectivity index (χ1n) is 6.49. The predicted molar refractivity (Wildman–Crippen MR) is 76.7 cm³/mol. The van der Waals surface area contributed by atoms with Gasteiger partial charge in [0.05, 0.1) is 0 Å². The van der Waals surface area contributed by atoms with Crippen LogP contribution in [-0.2, 0) is 13.6 Å². The van der Waals surface area contributed by atoms with E-state index in [9.17, 15) is 4.39 Å². The molecule has 0 fully saturated rings. The van der Waals surface area contributed by atoms with E-state index in [1.165, 1.54) is 10.5 Å². The molecule has 0 radical (unpaired) electrons. The summed E-state index contributed by atoms with van der Waals surface area (Å²) >= 11 is 1.82. The number of hydrogen-bond donors (Lipinski definition) is 1. The molecular formula is C15H17FN2S. The third-order valence-electron chi connectivity index (χ3n) is 3.46. The van der Waals surface area contributed by atoms with Crippen LogP contribution in [-0.4, -0.2) is 10.3 Å². The first-order chi connectivity index (χ1) is 9.22. The highest BCUT2D eigenvalue weighted by Gasteiger charge is 2.20. The van der Waals surface area contributed by atoms with Crippen molar-refractivity contribution >= 4 is 11.8 Å². The summed E-state index contributed by atoms with van der Waals surface area (Å²) in [7, 11) is 2.02. The van der Waals surface area contributed by atoms with Crippen LogP contribution in [0.15, 0.2) is 41.6 Å². The summed E-state index contributed by atoms with van der Waals surface area (Å²) in [6.45, 7) is 0.826. The molecule has 1 aliphatic heterocycles. The molecule has 2 nitrogen and oxygen atoms in total. The van der Waals surface area contributed by atoms with Crippen LogP contribution in [0.4, 0.5) is 4.39 Å². The number of thioether (sulfide) groups is 1. The molecule has 0 amide bonds. The number of aryl methyl sites for hydroxylation is 1. The standard InChI is InChI=1S/C15H17FN2S/c1-18-6-4-11(10-18)9-17-14-5-7-19-15-3-2-12(16)8-13(14)15/h2-4,6,8,10,14,17H,5,7,9H2,1H3. The Balaban J connectivity index is 1.74. The molecule has 1 unspecified atom stereocenters. The van der Waals surface area contributed by atoms with Crippen molar-refractivity contribution in [1.82, 2.24) is 9.88 Å². The van der Waals surface area contributed by atoms with Gasteiger partial charge in [-0.3, -0.25) is 0 Å². The number of nitrogens with zero attached hydrogens (tertiary/aromatic N) is 1. The zero-order chi connectivity index (χ0) is 13.2. The Bertz CT molecular complexity index is 579. The fourth-order valence-electron chi connectivity index (χ4n) is 2.48. The molecule has 0 bridgehead atoms. The Kier molecular flexibility index (Phi) is 3.62. The highest BCUT2D eigenvalue weighted by atomic mass is 32.2. The second-order valence-electron chi connectivity index (χ2n) is 4.94. The van der Waals surface area contributed by atoms with Gasteiger partial charge in [0.2, 0.25) is 0 Å². The van der Waals surface area contributed by atoms with Gasteiger partial charge in [-0.15, -0.1) is 11.8 Å². The minimum Gasteiger partial charge on any atom is -0.357 e. The molecule has 1 N–H and O–H groups in total. The van der Waals surface area contributed by atoms with Gasteiger partial charge in [-0.25, -0.2) is 4.39 Å². The summed E-state index contributed by atoms with van der Waals surface area (Å²) in [6, 6.07) is 7.48. The number of aromatic nitrogens is 1. The molecular weight excluding hydrogens is 259 g/mol. The number of fused-ring (bicyclic) bond motifs is 1. The van der Waals surface area contributed by atoms with E-state index in [4.69, 9.17) is 0 Å². The van der Waals surface area contributed by atoms with E-state index in [0.717, 1.165) is 24.3 Å². The van der Waals surface area contributed by atoms with Crippen LogP contribution >= 0.6 is 11.8 Å². The zero-order valence-electron chi connectivity index (χ0n) is 10.9. The lowest BCUT2D eigenvalue weighted by Crippen LogP contribution is -2.24. The molecule has 0 saturated carbocycles. The SMILES string of the molecule is Cn1ccc(CNC2CCSc3ccc(F)cc32)c1. The van der Waals surface area contributed by atoms with Gasteiger partial charge in [-0.1, -0.05) is 0 Å². The number of halogens is 1. The molecule has 2 heterocycles. The average molecular weight is 276 g/mol. The molecule has 2 aromatic rings. The van der Waals surface area contributed by atoms with Crippen LogP contribution in [0, 0.1) is 5.82 Å². The minimum atomic E-state index is -0.146. The van der Waals surface area contributed by atoms with E-state index in [2.05, 4.69) is 17.6 Å². The first kappa shape index (κ1) is 12.8. The summed E-state index contributed by atoms with van der Waals surface area (Å²) in [5.74, 6) is 0.943. The van der Waals surface area contributed by atoms with E-state index in [1.807, 2.05) is 35.6 Å². The molecule has 1 atom stereocenters. The van der Waals surface area contributed by atoms with Gasteiger partial charge in [0.1, 0.15) is 5.82 Å². The predicted octanol–water partition coefficient (Wildman–Crippen LogP) is 3.49. The summed E-state index contributed by atoms with van der Waals surface area (Å²) in [4.78, 5) is 1.21. The fraction of sp³-hybridized carbons (Fsp3) is 0.333. The van der Waals surface area contributed by atoms with E-state index in [0.29, 0.717) is 0 Å². The largest absolute Gasteiger partial charge is 0.357 e. The topological polar surface area (TPSA) is 17.0 Å². The van der Waals surface area contributed by atoms with Crippen molar-refractivity contribution in [3.63, 3.8) is 0 Å². The smallest absolute Gasteiger partial charge is 0.123 e. The third-order valence-corrected chi connectivity index (χ3v) is 4.58. The Morgan fingerprint density at radius 2 is 2.32 bits per heavy atom. The minimum absolute atomic E-state index is 0.146. The van der Waals surface area contributed by atoms with Gasteiger partial charge in [-0.2, -0.15) is 0 Å². The van der Waals surface area contributed by atoms with Crippen LogP contribution < -0.4 is 5.32 Å². The molecule has 0 saturated heterocycles. The lowest BCUT2D eigenvalue weighted by molar-refractivity contribution is 0.504. The van der Waals surface area contributed by atoms with Crippen LogP contribution in [0.25, 0.3) is 0 Å². The van der Waals surface area contributed by atoms with Gasteiger partial charge in [0.25, 0.3) is 0 Å². The lowest BCUT2D eigenvalue weighted by atomic mass is 10.0. The fourth-order valence-corrected chi connectivity index (χ4v) is 3.59. The maximum Gasteiger partial charge on any atom is 0.123 e. The third kappa shape index (κ3) is 2.85. The number of rotatable bonds is 3. The Hall–Kier alpha value is -1.26. The summed E-state index contributed by atoms with van der Waals surface area (Å²) < 4.78 is 15.4. The molecule has 19 heavy (non-hydrogen) atoms. The van der Waals surface area contributed by atoms with Gasteiger partial charge in [0, 0.05) is 36.9 Å². The van der Waals surface area contributed by atoms with E-state index >= 15 is 0 Å². The highest BCUT2D eigenvalue weighted by molar-refractivity contribution is 7.99. The molecule has 1 aromatic heterocycles. The second kappa shape index (κ2) is 5.39. The highest BCUT2D eigenvalue weighted by Crippen LogP contribution is 2.36. The van der Waals surface area contributed by atoms with E-state index in [1.54, 1.807) is 12.1 Å². The van der Waals surface area contributed by atoms with Crippen molar-refractivity contribution in [2.75, 3.05) is 5.75 Å². The number of nitrogens with one attached hydrogen (secondary N) is 1. The lowest BCUT2D eigenvalue weighted by Gasteiger charge is -2.26. The maximum atomic E-state index is 13.4. The van der Waals surface area contributed by atoms with Crippen molar-refractivity contribution in [3.8, 4) is 0 Å². The van der Waals surface area contributed by atoms with Gasteiger partial charge >= 0.3 is 0 Å². The van der Waals surface area contributed by atoms with Gasteiger partial charge in [-0.05, 0) is 47.6 Å². The Morgan fingerprint density at radius 3 is 3.11 bits per heavy atom. The van der Waals surface area contributed by atoms with Crippen LogP contribution in [0.2, 0.25) is 0 Å². The van der Waals surface area contributed by atoms with Crippen molar-refractivity contribution in [2.24, 2.45) is 7.05 Å². The molecule has 100 valence electrons.